The van der Waals surface area contributed by atoms with Crippen molar-refractivity contribution in [2.75, 3.05) is 0 Å². The molecule has 0 aliphatic carbocycles. The van der Waals surface area contributed by atoms with E-state index in [2.05, 4.69) is 15.1 Å². The van der Waals surface area contributed by atoms with E-state index in [0.717, 1.165) is 11.4 Å². The van der Waals surface area contributed by atoms with Gasteiger partial charge in [0.2, 0.25) is 0 Å². The summed E-state index contributed by atoms with van der Waals surface area (Å²) in [6, 6.07) is 13.0. The van der Waals surface area contributed by atoms with Crippen LogP contribution in [0.3, 0.4) is 0 Å². The number of aromatic nitrogens is 4. The molecule has 2 aromatic heterocycles. The van der Waals surface area contributed by atoms with Gasteiger partial charge in [-0.3, -0.25) is 4.98 Å². The largest absolute Gasteiger partial charge is 0.359 e. The summed E-state index contributed by atoms with van der Waals surface area (Å²) in [7, 11) is 0. The summed E-state index contributed by atoms with van der Waals surface area (Å²) < 4.78 is 1.34. The highest BCUT2D eigenvalue weighted by atomic mass is 16.1. The fourth-order valence-corrected chi connectivity index (χ4v) is 1.67. The Bertz CT molecular complexity index is 664. The van der Waals surface area contributed by atoms with Crippen molar-refractivity contribution >= 4 is 0 Å². The maximum atomic E-state index is 11.8. The topological polar surface area (TPSA) is 66.5 Å². The minimum Gasteiger partial charge on any atom is -0.359 e. The lowest BCUT2D eigenvalue weighted by Gasteiger charge is -1.96. The maximum Gasteiger partial charge on any atom is 0.348 e. The van der Waals surface area contributed by atoms with Crippen molar-refractivity contribution in [2.24, 2.45) is 0 Å². The maximum absolute atomic E-state index is 11.8. The number of rotatable bonds is 2. The number of benzene rings is 1. The second-order valence-corrected chi connectivity index (χ2v) is 3.61. The second-order valence-electron chi connectivity index (χ2n) is 3.61. The van der Waals surface area contributed by atoms with Crippen molar-refractivity contribution in [3.8, 4) is 17.2 Å². The van der Waals surface area contributed by atoms with Crippen LogP contribution in [0, 0.1) is 0 Å². The number of nitrogens with zero attached hydrogens (tertiary/aromatic N) is 2. The van der Waals surface area contributed by atoms with E-state index < -0.39 is 0 Å². The van der Waals surface area contributed by atoms with Gasteiger partial charge in [-0.1, -0.05) is 18.2 Å². The Labute approximate surface area is 96.7 Å². The lowest BCUT2D eigenvalue weighted by atomic mass is 10.3. The molecule has 5 nitrogen and oxygen atoms in total. The molecule has 0 radical (unpaired) electrons. The van der Waals surface area contributed by atoms with E-state index in [-0.39, 0.29) is 5.69 Å². The van der Waals surface area contributed by atoms with Crippen molar-refractivity contribution in [1.82, 2.24) is 19.7 Å². The van der Waals surface area contributed by atoms with Gasteiger partial charge in [-0.2, -0.15) is 4.68 Å². The summed E-state index contributed by atoms with van der Waals surface area (Å²) in [5.74, 6) is 0.531. The zero-order chi connectivity index (χ0) is 11.7. The van der Waals surface area contributed by atoms with Crippen LogP contribution in [-0.4, -0.2) is 19.7 Å². The first kappa shape index (κ1) is 9.65. The second kappa shape index (κ2) is 3.79. The summed E-state index contributed by atoms with van der Waals surface area (Å²) >= 11 is 0. The monoisotopic (exact) mass is 226 g/mol. The Morgan fingerprint density at radius 3 is 2.59 bits per heavy atom. The molecule has 0 bridgehead atoms. The Balaban J connectivity index is 2.12. The van der Waals surface area contributed by atoms with Crippen LogP contribution in [0.4, 0.5) is 0 Å². The number of nitrogens with one attached hydrogen (secondary N) is 2. The van der Waals surface area contributed by atoms with Gasteiger partial charge in [0.25, 0.3) is 0 Å². The smallest absolute Gasteiger partial charge is 0.348 e. The Kier molecular flexibility index (Phi) is 2.15. The molecule has 3 rings (SSSR count). The first-order valence-corrected chi connectivity index (χ1v) is 5.23. The van der Waals surface area contributed by atoms with Gasteiger partial charge in [0.15, 0.2) is 5.82 Å². The fourth-order valence-electron chi connectivity index (χ4n) is 1.67. The number of aromatic amines is 2. The molecule has 5 heteroatoms. The van der Waals surface area contributed by atoms with Crippen LogP contribution < -0.4 is 5.69 Å². The normalized spacial score (nSPS) is 10.6. The third kappa shape index (κ3) is 1.67. The van der Waals surface area contributed by atoms with Crippen molar-refractivity contribution in [3.63, 3.8) is 0 Å². The molecule has 0 saturated heterocycles. The summed E-state index contributed by atoms with van der Waals surface area (Å²) in [5, 5.41) is 4.24. The lowest BCUT2D eigenvalue weighted by Crippen LogP contribution is -2.15. The highest BCUT2D eigenvalue weighted by Gasteiger charge is 2.08. The molecular formula is C12H10N4O. The van der Waals surface area contributed by atoms with Crippen LogP contribution in [0.5, 0.6) is 0 Å². The molecule has 2 N–H and O–H groups in total. The van der Waals surface area contributed by atoms with Gasteiger partial charge >= 0.3 is 5.69 Å². The summed E-state index contributed by atoms with van der Waals surface area (Å²) in [4.78, 5) is 17.5. The molecule has 0 aliphatic heterocycles. The molecular weight excluding hydrogens is 216 g/mol. The molecule has 2 heterocycles. The third-order valence-electron chi connectivity index (χ3n) is 2.47. The third-order valence-corrected chi connectivity index (χ3v) is 2.47. The highest BCUT2D eigenvalue weighted by molar-refractivity contribution is 5.48. The van der Waals surface area contributed by atoms with E-state index in [1.165, 1.54) is 4.68 Å². The van der Waals surface area contributed by atoms with Gasteiger partial charge in [0.1, 0.15) is 0 Å². The Hall–Kier alpha value is -2.56. The van der Waals surface area contributed by atoms with Crippen LogP contribution in [0.15, 0.2) is 53.5 Å². The van der Waals surface area contributed by atoms with E-state index in [1.807, 2.05) is 42.5 Å². The molecule has 17 heavy (non-hydrogen) atoms. The molecule has 1 aromatic carbocycles. The van der Waals surface area contributed by atoms with Crippen LogP contribution in [0.1, 0.15) is 0 Å². The quantitative estimate of drug-likeness (QED) is 0.696. The molecule has 0 atom stereocenters. The average molecular weight is 226 g/mol. The summed E-state index contributed by atoms with van der Waals surface area (Å²) in [6.45, 7) is 0. The van der Waals surface area contributed by atoms with Crippen molar-refractivity contribution in [1.29, 1.82) is 0 Å². The fraction of sp³-hybridized carbons (Fsp3) is 0. The molecule has 84 valence electrons. The van der Waals surface area contributed by atoms with Crippen molar-refractivity contribution < 1.29 is 0 Å². The number of hydrogen-bond acceptors (Lipinski definition) is 2. The van der Waals surface area contributed by atoms with E-state index in [0.29, 0.717) is 5.82 Å². The average Bonchev–Trinajstić information content (AvgIpc) is 2.99. The molecule has 0 unspecified atom stereocenters. The molecule has 0 fully saturated rings. The van der Waals surface area contributed by atoms with Crippen molar-refractivity contribution in [3.05, 3.63) is 59.1 Å². The lowest BCUT2D eigenvalue weighted by molar-refractivity contribution is 0.844. The van der Waals surface area contributed by atoms with Gasteiger partial charge in [-0.25, -0.2) is 4.79 Å². The predicted octanol–water partition coefficient (Wildman–Crippen LogP) is 1.56. The predicted molar refractivity (Wildman–Crippen MR) is 64.0 cm³/mol. The van der Waals surface area contributed by atoms with E-state index in [1.54, 1.807) is 6.20 Å². The molecule has 0 aliphatic rings. The molecule has 3 aromatic rings. The van der Waals surface area contributed by atoms with E-state index in [9.17, 15) is 4.79 Å². The van der Waals surface area contributed by atoms with Gasteiger partial charge < -0.3 is 4.98 Å². The van der Waals surface area contributed by atoms with Crippen LogP contribution >= 0.6 is 0 Å². The van der Waals surface area contributed by atoms with Gasteiger partial charge in [-0.15, -0.1) is 5.10 Å². The minimum absolute atomic E-state index is 0.249. The number of H-pyrrole nitrogens is 2. The van der Waals surface area contributed by atoms with Crippen LogP contribution in [-0.2, 0) is 0 Å². The Morgan fingerprint density at radius 1 is 1.06 bits per heavy atom. The highest BCUT2D eigenvalue weighted by Crippen LogP contribution is 2.10. The summed E-state index contributed by atoms with van der Waals surface area (Å²) in [5.41, 5.74) is 1.28. The zero-order valence-corrected chi connectivity index (χ0v) is 8.92. The van der Waals surface area contributed by atoms with Gasteiger partial charge in [0.05, 0.1) is 11.4 Å². The molecule has 0 amide bonds. The van der Waals surface area contributed by atoms with Crippen LogP contribution in [0.2, 0.25) is 0 Å². The standard InChI is InChI=1S/C12H10N4O/c17-12-14-11(10-7-4-8-13-10)15-16(12)9-5-2-1-3-6-9/h1-8,13H,(H,14,15,17). The summed E-state index contributed by atoms with van der Waals surface area (Å²) in [6.07, 6.45) is 1.79. The van der Waals surface area contributed by atoms with Gasteiger partial charge in [-0.05, 0) is 24.3 Å². The minimum atomic E-state index is -0.249. The first-order valence-electron chi connectivity index (χ1n) is 5.23. The van der Waals surface area contributed by atoms with E-state index >= 15 is 0 Å². The van der Waals surface area contributed by atoms with Gasteiger partial charge in [0, 0.05) is 6.20 Å². The Morgan fingerprint density at radius 2 is 1.88 bits per heavy atom. The molecule has 0 spiro atoms. The van der Waals surface area contributed by atoms with Crippen LogP contribution in [0.25, 0.3) is 17.2 Å². The van der Waals surface area contributed by atoms with Crippen molar-refractivity contribution in [2.45, 2.75) is 0 Å². The number of para-hydroxylation sites is 1. The number of hydrogen-bond donors (Lipinski definition) is 2. The SMILES string of the molecule is O=c1[nH]c(-c2ccc[nH]2)nn1-c1ccccc1. The molecule has 0 saturated carbocycles. The first-order chi connectivity index (χ1) is 8.34. The zero-order valence-electron chi connectivity index (χ0n) is 8.92. The van der Waals surface area contributed by atoms with E-state index in [4.69, 9.17) is 0 Å².